The molecule has 0 radical (unpaired) electrons. The molecule has 13 heavy (non-hydrogen) atoms. The van der Waals surface area contributed by atoms with Crippen LogP contribution >= 0.6 is 22.6 Å². The van der Waals surface area contributed by atoms with Crippen molar-refractivity contribution in [3.05, 3.63) is 0 Å². The van der Waals surface area contributed by atoms with Gasteiger partial charge in [0.1, 0.15) is 0 Å². The lowest BCUT2D eigenvalue weighted by Gasteiger charge is -2.24. The first kappa shape index (κ1) is 13.7. The van der Waals surface area contributed by atoms with Gasteiger partial charge in [0.25, 0.3) is 0 Å². The van der Waals surface area contributed by atoms with Crippen LogP contribution in [0.15, 0.2) is 0 Å². The number of rotatable bonds is 5. The molecule has 0 aliphatic carbocycles. The average molecular weight is 298 g/mol. The highest BCUT2D eigenvalue weighted by Gasteiger charge is 2.16. The van der Waals surface area contributed by atoms with Gasteiger partial charge in [0, 0.05) is 11.0 Å². The maximum Gasteiger partial charge on any atom is 0.0715 e. The van der Waals surface area contributed by atoms with E-state index in [0.29, 0.717) is 5.41 Å². The van der Waals surface area contributed by atoms with Gasteiger partial charge in [0.15, 0.2) is 0 Å². The van der Waals surface area contributed by atoms with E-state index in [2.05, 4.69) is 57.2 Å². The molecule has 0 bridgehead atoms. The molecule has 0 atom stereocenters. The summed E-state index contributed by atoms with van der Waals surface area (Å²) >= 11 is 2.37. The summed E-state index contributed by atoms with van der Waals surface area (Å²) in [5.41, 5.74) is 0.496. The minimum Gasteiger partial charge on any atom is -0.375 e. The molecule has 0 aromatic heterocycles. The molecule has 0 N–H and O–H groups in total. The van der Waals surface area contributed by atoms with Crippen LogP contribution in [0.2, 0.25) is 0 Å². The van der Waals surface area contributed by atoms with Gasteiger partial charge >= 0.3 is 0 Å². The molecular weight excluding hydrogens is 275 g/mol. The zero-order valence-corrected chi connectivity index (χ0v) is 11.8. The molecule has 2 heteroatoms. The number of halogens is 1. The molecule has 0 unspecified atom stereocenters. The second-order valence-corrected chi connectivity index (χ2v) is 6.17. The average Bonchev–Trinajstić information content (AvgIpc) is 1.97. The molecule has 0 aliphatic rings. The minimum absolute atomic E-state index is 0.0540. The summed E-state index contributed by atoms with van der Waals surface area (Å²) in [6, 6.07) is 0. The van der Waals surface area contributed by atoms with Crippen LogP contribution in [-0.4, -0.2) is 16.6 Å². The lowest BCUT2D eigenvalue weighted by atomic mass is 9.91. The van der Waals surface area contributed by atoms with Crippen LogP contribution in [0.4, 0.5) is 0 Å². The Morgan fingerprint density at radius 3 is 2.00 bits per heavy atom. The number of alkyl halides is 1. The van der Waals surface area contributed by atoms with Crippen LogP contribution in [-0.2, 0) is 4.74 Å². The van der Waals surface area contributed by atoms with Crippen LogP contribution in [0.5, 0.6) is 0 Å². The van der Waals surface area contributed by atoms with Gasteiger partial charge in [-0.1, -0.05) is 43.4 Å². The summed E-state index contributed by atoms with van der Waals surface area (Å²) in [4.78, 5) is 0. The zero-order chi connectivity index (χ0) is 10.5. The van der Waals surface area contributed by atoms with E-state index in [4.69, 9.17) is 4.74 Å². The standard InChI is InChI=1S/C11H23IO/c1-10(2,3)7-6-8-13-11(4,5)9-12/h6-9H2,1-5H3. The van der Waals surface area contributed by atoms with Crippen molar-refractivity contribution in [1.82, 2.24) is 0 Å². The van der Waals surface area contributed by atoms with Gasteiger partial charge in [-0.2, -0.15) is 0 Å². The monoisotopic (exact) mass is 298 g/mol. The van der Waals surface area contributed by atoms with E-state index in [1.807, 2.05) is 0 Å². The van der Waals surface area contributed by atoms with E-state index < -0.39 is 0 Å². The SMILES string of the molecule is CC(C)(C)CCCOC(C)(C)CI. The predicted octanol–water partition coefficient (Wildman–Crippen LogP) is 4.04. The first-order chi connectivity index (χ1) is 5.77. The van der Waals surface area contributed by atoms with Gasteiger partial charge in [-0.05, 0) is 32.1 Å². The third kappa shape index (κ3) is 9.01. The summed E-state index contributed by atoms with van der Waals surface area (Å²) in [5.74, 6) is 0. The van der Waals surface area contributed by atoms with Crippen molar-refractivity contribution in [3.8, 4) is 0 Å². The quantitative estimate of drug-likeness (QED) is 0.423. The van der Waals surface area contributed by atoms with Crippen LogP contribution in [0.3, 0.4) is 0 Å². The van der Waals surface area contributed by atoms with Crippen molar-refractivity contribution in [2.24, 2.45) is 5.41 Å². The summed E-state index contributed by atoms with van der Waals surface area (Å²) in [6.07, 6.45) is 2.41. The molecule has 80 valence electrons. The minimum atomic E-state index is 0.0540. The topological polar surface area (TPSA) is 9.23 Å². The predicted molar refractivity (Wildman–Crippen MR) is 67.6 cm³/mol. The Bertz CT molecular complexity index is 136. The van der Waals surface area contributed by atoms with E-state index in [1.165, 1.54) is 12.8 Å². The highest BCUT2D eigenvalue weighted by Crippen LogP contribution is 2.21. The van der Waals surface area contributed by atoms with Gasteiger partial charge in [-0.25, -0.2) is 0 Å². The lowest BCUT2D eigenvalue weighted by Crippen LogP contribution is -2.26. The maximum atomic E-state index is 5.77. The van der Waals surface area contributed by atoms with Crippen molar-refractivity contribution >= 4 is 22.6 Å². The summed E-state index contributed by atoms with van der Waals surface area (Å²) in [5, 5.41) is 0. The van der Waals surface area contributed by atoms with Crippen molar-refractivity contribution in [2.75, 3.05) is 11.0 Å². The third-order valence-electron chi connectivity index (χ3n) is 1.89. The van der Waals surface area contributed by atoms with Crippen LogP contribution in [0, 0.1) is 5.41 Å². The van der Waals surface area contributed by atoms with E-state index in [-0.39, 0.29) is 5.60 Å². The fraction of sp³-hybridized carbons (Fsp3) is 1.00. The van der Waals surface area contributed by atoms with E-state index in [0.717, 1.165) is 11.0 Å². The molecule has 1 nitrogen and oxygen atoms in total. The molecule has 0 aliphatic heterocycles. The van der Waals surface area contributed by atoms with Crippen LogP contribution in [0.25, 0.3) is 0 Å². The highest BCUT2D eigenvalue weighted by atomic mass is 127. The van der Waals surface area contributed by atoms with Gasteiger partial charge in [0.2, 0.25) is 0 Å². The fourth-order valence-corrected chi connectivity index (χ4v) is 1.21. The number of hydrogen-bond donors (Lipinski definition) is 0. The first-order valence-electron chi connectivity index (χ1n) is 4.97. The largest absolute Gasteiger partial charge is 0.375 e. The van der Waals surface area contributed by atoms with Gasteiger partial charge < -0.3 is 4.74 Å². The lowest BCUT2D eigenvalue weighted by molar-refractivity contribution is -0.00144. The smallest absolute Gasteiger partial charge is 0.0715 e. The first-order valence-corrected chi connectivity index (χ1v) is 6.49. The molecule has 0 amide bonds. The molecule has 0 rings (SSSR count). The second-order valence-electron chi connectivity index (χ2n) is 5.41. The zero-order valence-electron chi connectivity index (χ0n) is 9.61. The Labute approximate surface area is 96.8 Å². The van der Waals surface area contributed by atoms with Crippen LogP contribution < -0.4 is 0 Å². The summed E-state index contributed by atoms with van der Waals surface area (Å²) in [7, 11) is 0. The Morgan fingerprint density at radius 2 is 1.62 bits per heavy atom. The summed E-state index contributed by atoms with van der Waals surface area (Å²) in [6.45, 7) is 12.0. The fourth-order valence-electron chi connectivity index (χ4n) is 0.990. The van der Waals surface area contributed by atoms with Crippen molar-refractivity contribution in [2.45, 2.75) is 53.1 Å². The van der Waals surface area contributed by atoms with E-state index >= 15 is 0 Å². The summed E-state index contributed by atoms with van der Waals surface area (Å²) < 4.78 is 6.82. The highest BCUT2D eigenvalue weighted by molar-refractivity contribution is 14.1. The number of hydrogen-bond acceptors (Lipinski definition) is 1. The van der Waals surface area contributed by atoms with E-state index in [1.54, 1.807) is 0 Å². The van der Waals surface area contributed by atoms with Gasteiger partial charge in [-0.15, -0.1) is 0 Å². The Hall–Kier alpha value is 0.690. The molecular formula is C11H23IO. The molecule has 0 heterocycles. The Morgan fingerprint density at radius 1 is 1.08 bits per heavy atom. The third-order valence-corrected chi connectivity index (χ3v) is 3.72. The molecule has 0 fully saturated rings. The molecule has 0 aromatic rings. The molecule has 0 aromatic carbocycles. The van der Waals surface area contributed by atoms with Crippen molar-refractivity contribution in [1.29, 1.82) is 0 Å². The second kappa shape index (κ2) is 5.54. The van der Waals surface area contributed by atoms with E-state index in [9.17, 15) is 0 Å². The molecule has 0 spiro atoms. The Kier molecular flexibility index (Phi) is 5.84. The van der Waals surface area contributed by atoms with Crippen molar-refractivity contribution < 1.29 is 4.74 Å². The van der Waals surface area contributed by atoms with Crippen LogP contribution in [0.1, 0.15) is 47.5 Å². The normalized spacial score (nSPS) is 13.4. The van der Waals surface area contributed by atoms with Crippen molar-refractivity contribution in [3.63, 3.8) is 0 Å². The molecule has 0 saturated heterocycles. The molecule has 0 saturated carbocycles. The maximum absolute atomic E-state index is 5.77. The Balaban J connectivity index is 3.47. The number of ether oxygens (including phenoxy) is 1. The van der Waals surface area contributed by atoms with Gasteiger partial charge in [-0.3, -0.25) is 0 Å². The van der Waals surface area contributed by atoms with Gasteiger partial charge in [0.05, 0.1) is 5.60 Å².